The summed E-state index contributed by atoms with van der Waals surface area (Å²) in [7, 11) is 0. The van der Waals surface area contributed by atoms with Crippen molar-refractivity contribution in [2.45, 2.75) is 52.1 Å². The molecule has 0 amide bonds. The molecule has 1 aliphatic rings. The summed E-state index contributed by atoms with van der Waals surface area (Å²) in [4.78, 5) is 6.68. The summed E-state index contributed by atoms with van der Waals surface area (Å²) in [5.74, 6) is 1.50. The molecule has 0 aromatic rings. The quantitative estimate of drug-likeness (QED) is 0.314. The van der Waals surface area contributed by atoms with Crippen LogP contribution in [0.15, 0.2) is 4.99 Å². The van der Waals surface area contributed by atoms with E-state index in [-0.39, 0.29) is 30.4 Å². The van der Waals surface area contributed by atoms with Gasteiger partial charge in [0.1, 0.15) is 0 Å². The molecule has 21 heavy (non-hydrogen) atoms. The first-order chi connectivity index (χ1) is 9.42. The minimum atomic E-state index is -4.05. The van der Waals surface area contributed by atoms with Crippen molar-refractivity contribution in [3.8, 4) is 0 Å². The Morgan fingerprint density at radius 1 is 1.33 bits per heavy atom. The summed E-state index contributed by atoms with van der Waals surface area (Å²) < 4.78 is 36.1. The Balaban J connectivity index is 0.00000400. The normalized spacial score (nSPS) is 20.1. The van der Waals surface area contributed by atoms with Crippen LogP contribution in [0.3, 0.4) is 0 Å². The summed E-state index contributed by atoms with van der Waals surface area (Å²) in [6.07, 6.45) is -1.72. The summed E-state index contributed by atoms with van der Waals surface area (Å²) in [5.41, 5.74) is 0. The molecule has 1 N–H and O–H groups in total. The van der Waals surface area contributed by atoms with Crippen molar-refractivity contribution in [2.24, 2.45) is 10.9 Å². The van der Waals surface area contributed by atoms with Gasteiger partial charge in [-0.2, -0.15) is 13.2 Å². The molecule has 3 nitrogen and oxygen atoms in total. The summed E-state index contributed by atoms with van der Waals surface area (Å²) in [6, 6.07) is 0. The van der Waals surface area contributed by atoms with Crippen LogP contribution in [-0.2, 0) is 0 Å². The molecule has 0 aliphatic carbocycles. The molecule has 0 aromatic carbocycles. The molecule has 0 bridgehead atoms. The van der Waals surface area contributed by atoms with Crippen LogP contribution in [0.1, 0.15) is 46.0 Å². The Hall–Kier alpha value is -0.210. The molecule has 1 aliphatic heterocycles. The number of unbranched alkanes of at least 4 members (excludes halogenated alkanes) is 1. The highest BCUT2D eigenvalue weighted by atomic mass is 127. The molecule has 0 spiro atoms. The van der Waals surface area contributed by atoms with Crippen molar-refractivity contribution in [1.82, 2.24) is 10.2 Å². The van der Waals surface area contributed by atoms with E-state index in [2.05, 4.69) is 22.1 Å². The number of halogens is 4. The molecule has 126 valence electrons. The number of likely N-dealkylation sites (tertiary alicyclic amines) is 1. The molecule has 1 unspecified atom stereocenters. The van der Waals surface area contributed by atoms with Gasteiger partial charge < -0.3 is 10.2 Å². The van der Waals surface area contributed by atoms with Gasteiger partial charge in [0, 0.05) is 32.6 Å². The van der Waals surface area contributed by atoms with Gasteiger partial charge in [-0.15, -0.1) is 24.0 Å². The Kier molecular flexibility index (Phi) is 10.4. The van der Waals surface area contributed by atoms with Crippen LogP contribution in [0, 0.1) is 5.92 Å². The van der Waals surface area contributed by atoms with Gasteiger partial charge in [-0.1, -0.05) is 6.92 Å². The van der Waals surface area contributed by atoms with E-state index in [9.17, 15) is 13.2 Å². The molecule has 7 heteroatoms. The standard InChI is InChI=1S/C14H26F3N3.HI/c1-3-18-13(20-10-6-7-12(2)11-20)19-9-5-4-8-14(15,16)17;/h12H,3-11H2,1-2H3,(H,18,19);1H. The molecule has 1 heterocycles. The van der Waals surface area contributed by atoms with Gasteiger partial charge in [0.25, 0.3) is 0 Å². The first-order valence-corrected chi connectivity index (χ1v) is 7.52. The van der Waals surface area contributed by atoms with Gasteiger partial charge >= 0.3 is 6.18 Å². The molecule has 1 fully saturated rings. The van der Waals surface area contributed by atoms with Gasteiger partial charge in [0.2, 0.25) is 0 Å². The van der Waals surface area contributed by atoms with Gasteiger partial charge in [-0.3, -0.25) is 4.99 Å². The van der Waals surface area contributed by atoms with Crippen LogP contribution in [0.2, 0.25) is 0 Å². The maximum atomic E-state index is 12.0. The fourth-order valence-electron chi connectivity index (χ4n) is 2.43. The number of alkyl halides is 3. The van der Waals surface area contributed by atoms with Crippen molar-refractivity contribution in [2.75, 3.05) is 26.2 Å². The minimum Gasteiger partial charge on any atom is -0.357 e. The lowest BCUT2D eigenvalue weighted by molar-refractivity contribution is -0.135. The van der Waals surface area contributed by atoms with E-state index in [1.54, 1.807) is 0 Å². The predicted octanol–water partition coefficient (Wildman–Crippen LogP) is 4.03. The first kappa shape index (κ1) is 20.8. The molecular formula is C14H27F3IN3. The monoisotopic (exact) mass is 421 g/mol. The van der Waals surface area contributed by atoms with Crippen LogP contribution in [-0.4, -0.2) is 43.2 Å². The van der Waals surface area contributed by atoms with E-state index in [4.69, 9.17) is 0 Å². The lowest BCUT2D eigenvalue weighted by Gasteiger charge is -2.33. The van der Waals surface area contributed by atoms with Gasteiger partial charge in [-0.25, -0.2) is 0 Å². The number of rotatable bonds is 5. The zero-order valence-electron chi connectivity index (χ0n) is 12.9. The average molecular weight is 421 g/mol. The van der Waals surface area contributed by atoms with Gasteiger partial charge in [0.15, 0.2) is 5.96 Å². The van der Waals surface area contributed by atoms with Crippen LogP contribution in [0.5, 0.6) is 0 Å². The lowest BCUT2D eigenvalue weighted by Crippen LogP contribution is -2.46. The summed E-state index contributed by atoms with van der Waals surface area (Å²) in [6.45, 7) is 7.44. The number of hydrogen-bond donors (Lipinski definition) is 1. The van der Waals surface area contributed by atoms with Crippen LogP contribution in [0.25, 0.3) is 0 Å². The topological polar surface area (TPSA) is 27.6 Å². The van der Waals surface area contributed by atoms with E-state index in [0.29, 0.717) is 18.9 Å². The summed E-state index contributed by atoms with van der Waals surface area (Å²) in [5, 5.41) is 3.23. The second-order valence-electron chi connectivity index (χ2n) is 5.50. The van der Waals surface area contributed by atoms with Crippen LogP contribution >= 0.6 is 24.0 Å². The van der Waals surface area contributed by atoms with Crippen LogP contribution < -0.4 is 5.32 Å². The SMILES string of the molecule is CCNC(=NCCCCC(F)(F)F)N1CCCC(C)C1.I. The first-order valence-electron chi connectivity index (χ1n) is 7.52. The van der Waals surface area contributed by atoms with Gasteiger partial charge in [0.05, 0.1) is 0 Å². The van der Waals surface area contributed by atoms with Gasteiger partial charge in [-0.05, 0) is 38.5 Å². The zero-order valence-corrected chi connectivity index (χ0v) is 15.2. The van der Waals surface area contributed by atoms with E-state index in [0.717, 1.165) is 32.0 Å². The molecule has 1 rings (SSSR count). The lowest BCUT2D eigenvalue weighted by atomic mass is 10.0. The highest BCUT2D eigenvalue weighted by Crippen LogP contribution is 2.22. The maximum Gasteiger partial charge on any atom is 0.389 e. The third-order valence-electron chi connectivity index (χ3n) is 3.42. The second kappa shape index (κ2) is 10.5. The van der Waals surface area contributed by atoms with Crippen molar-refractivity contribution in [3.63, 3.8) is 0 Å². The van der Waals surface area contributed by atoms with E-state index >= 15 is 0 Å². The predicted molar refractivity (Wildman–Crippen MR) is 91.3 cm³/mol. The zero-order chi connectivity index (χ0) is 15.0. The third-order valence-corrected chi connectivity index (χ3v) is 3.42. The molecule has 0 radical (unpaired) electrons. The fourth-order valence-corrected chi connectivity index (χ4v) is 2.43. The Bertz CT molecular complexity index is 308. The maximum absolute atomic E-state index is 12.0. The number of hydrogen-bond acceptors (Lipinski definition) is 1. The molecule has 1 atom stereocenters. The largest absolute Gasteiger partial charge is 0.389 e. The average Bonchev–Trinajstić information content (AvgIpc) is 2.36. The van der Waals surface area contributed by atoms with E-state index in [1.165, 1.54) is 6.42 Å². The Morgan fingerprint density at radius 2 is 2.05 bits per heavy atom. The highest BCUT2D eigenvalue weighted by Gasteiger charge is 2.25. The molecular weight excluding hydrogens is 394 g/mol. The number of piperidine rings is 1. The van der Waals surface area contributed by atoms with Crippen molar-refractivity contribution < 1.29 is 13.2 Å². The molecule has 0 saturated carbocycles. The second-order valence-corrected chi connectivity index (χ2v) is 5.50. The van der Waals surface area contributed by atoms with Crippen molar-refractivity contribution in [1.29, 1.82) is 0 Å². The number of nitrogens with zero attached hydrogens (tertiary/aromatic N) is 2. The van der Waals surface area contributed by atoms with Crippen molar-refractivity contribution in [3.05, 3.63) is 0 Å². The number of aliphatic imine (C=N–C) groups is 1. The Morgan fingerprint density at radius 3 is 2.62 bits per heavy atom. The Labute approximate surface area is 142 Å². The number of nitrogens with one attached hydrogen (secondary N) is 1. The van der Waals surface area contributed by atoms with Crippen LogP contribution in [0.4, 0.5) is 13.2 Å². The fraction of sp³-hybridized carbons (Fsp3) is 0.929. The highest BCUT2D eigenvalue weighted by molar-refractivity contribution is 14.0. The smallest absolute Gasteiger partial charge is 0.357 e. The molecule has 1 saturated heterocycles. The number of guanidine groups is 1. The van der Waals surface area contributed by atoms with Crippen molar-refractivity contribution >= 4 is 29.9 Å². The molecule has 0 aromatic heterocycles. The van der Waals surface area contributed by atoms with E-state index < -0.39 is 12.6 Å². The third kappa shape index (κ3) is 9.42. The summed E-state index contributed by atoms with van der Waals surface area (Å²) >= 11 is 0. The van der Waals surface area contributed by atoms with E-state index in [1.807, 2.05) is 6.92 Å². The minimum absolute atomic E-state index is 0.